The van der Waals surface area contributed by atoms with E-state index >= 15 is 0 Å². The van der Waals surface area contributed by atoms with E-state index < -0.39 is 0 Å². The highest BCUT2D eigenvalue weighted by molar-refractivity contribution is 5.60. The van der Waals surface area contributed by atoms with Crippen molar-refractivity contribution in [3.8, 4) is 5.75 Å². The maximum atomic E-state index is 5.57. The fourth-order valence-electron chi connectivity index (χ4n) is 5.73. The van der Waals surface area contributed by atoms with Crippen LogP contribution in [0.15, 0.2) is 12.1 Å². The summed E-state index contributed by atoms with van der Waals surface area (Å²) in [6, 6.07) is 5.12. The average molecular weight is 285 g/mol. The van der Waals surface area contributed by atoms with E-state index in [1.165, 1.54) is 48.9 Å². The van der Waals surface area contributed by atoms with Gasteiger partial charge in [-0.3, -0.25) is 0 Å². The van der Waals surface area contributed by atoms with Crippen molar-refractivity contribution in [2.24, 2.45) is 23.7 Å². The minimum Gasteiger partial charge on any atom is -0.496 e. The first-order valence-corrected chi connectivity index (χ1v) is 8.59. The lowest BCUT2D eigenvalue weighted by Crippen LogP contribution is -2.34. The number of ether oxygens (including phenoxy) is 1. The summed E-state index contributed by atoms with van der Waals surface area (Å²) in [6.07, 6.45) is 7.35. The van der Waals surface area contributed by atoms with Gasteiger partial charge in [0.1, 0.15) is 5.75 Å². The van der Waals surface area contributed by atoms with Crippen LogP contribution in [0, 0.1) is 37.5 Å². The molecule has 0 aliphatic heterocycles. The fraction of sp³-hybridized carbons (Fsp3) is 0.684. The second-order valence-corrected chi connectivity index (χ2v) is 7.49. The Hall–Kier alpha value is -1.18. The highest BCUT2D eigenvalue weighted by atomic mass is 16.5. The van der Waals surface area contributed by atoms with E-state index in [1.807, 2.05) is 0 Å². The zero-order chi connectivity index (χ0) is 14.6. The van der Waals surface area contributed by atoms with E-state index in [4.69, 9.17) is 4.74 Å². The fourth-order valence-corrected chi connectivity index (χ4v) is 5.73. The van der Waals surface area contributed by atoms with Crippen molar-refractivity contribution in [2.45, 2.75) is 52.0 Å². The van der Waals surface area contributed by atoms with E-state index in [2.05, 4.69) is 31.3 Å². The van der Waals surface area contributed by atoms with Gasteiger partial charge in [-0.15, -0.1) is 0 Å². The van der Waals surface area contributed by atoms with E-state index in [0.717, 1.165) is 29.4 Å². The number of aryl methyl sites for hydroxylation is 1. The lowest BCUT2D eigenvalue weighted by molar-refractivity contribution is 0.243. The molecule has 0 aromatic heterocycles. The molecule has 5 unspecified atom stereocenters. The van der Waals surface area contributed by atoms with Crippen LogP contribution in [0.3, 0.4) is 0 Å². The highest BCUT2D eigenvalue weighted by Crippen LogP contribution is 2.59. The largest absolute Gasteiger partial charge is 0.496 e. The van der Waals surface area contributed by atoms with Gasteiger partial charge >= 0.3 is 0 Å². The number of anilines is 1. The SMILES string of the molecule is COc1c(C)ccc(NC2CC3CC2C2CCCC32)c1C. The molecule has 0 heterocycles. The molecular formula is C19H27NO. The predicted octanol–water partition coefficient (Wildman–Crippen LogP) is 4.55. The van der Waals surface area contributed by atoms with Crippen molar-refractivity contribution >= 4 is 5.69 Å². The van der Waals surface area contributed by atoms with Crippen molar-refractivity contribution < 1.29 is 4.74 Å². The highest BCUT2D eigenvalue weighted by Gasteiger charge is 2.53. The molecule has 2 heteroatoms. The Morgan fingerprint density at radius 2 is 1.86 bits per heavy atom. The molecule has 2 bridgehead atoms. The molecular weight excluding hydrogens is 258 g/mol. The van der Waals surface area contributed by atoms with E-state index in [9.17, 15) is 0 Å². The lowest BCUT2D eigenvalue weighted by Gasteiger charge is -2.33. The molecule has 3 saturated carbocycles. The Labute approximate surface area is 128 Å². The number of hydrogen-bond acceptors (Lipinski definition) is 2. The van der Waals surface area contributed by atoms with E-state index in [0.29, 0.717) is 6.04 Å². The molecule has 0 radical (unpaired) electrons. The molecule has 0 spiro atoms. The van der Waals surface area contributed by atoms with Gasteiger partial charge in [0, 0.05) is 17.3 Å². The second kappa shape index (κ2) is 4.93. The Morgan fingerprint density at radius 3 is 2.67 bits per heavy atom. The zero-order valence-electron chi connectivity index (χ0n) is 13.5. The molecule has 3 fully saturated rings. The summed E-state index contributed by atoms with van der Waals surface area (Å²) in [6.45, 7) is 4.30. The molecule has 0 amide bonds. The minimum absolute atomic E-state index is 0.695. The van der Waals surface area contributed by atoms with Gasteiger partial charge in [0.05, 0.1) is 7.11 Å². The van der Waals surface area contributed by atoms with Gasteiger partial charge in [0.15, 0.2) is 0 Å². The van der Waals surface area contributed by atoms with Crippen molar-refractivity contribution in [2.75, 3.05) is 12.4 Å². The first-order chi connectivity index (χ1) is 10.2. The summed E-state index contributed by atoms with van der Waals surface area (Å²) in [4.78, 5) is 0. The summed E-state index contributed by atoms with van der Waals surface area (Å²) < 4.78 is 5.57. The van der Waals surface area contributed by atoms with Crippen LogP contribution in [-0.4, -0.2) is 13.2 Å². The van der Waals surface area contributed by atoms with Gasteiger partial charge in [-0.05, 0) is 74.8 Å². The number of methoxy groups -OCH3 is 1. The first kappa shape index (κ1) is 13.5. The van der Waals surface area contributed by atoms with Gasteiger partial charge in [0.2, 0.25) is 0 Å². The normalized spacial score (nSPS) is 36.8. The summed E-state index contributed by atoms with van der Waals surface area (Å²) in [5.74, 6) is 5.07. The lowest BCUT2D eigenvalue weighted by atomic mass is 9.79. The quantitative estimate of drug-likeness (QED) is 0.879. The third kappa shape index (κ3) is 1.98. The molecule has 1 aromatic rings. The number of benzene rings is 1. The Balaban J connectivity index is 1.55. The zero-order valence-corrected chi connectivity index (χ0v) is 13.5. The minimum atomic E-state index is 0.695. The maximum absolute atomic E-state index is 5.57. The molecule has 114 valence electrons. The number of rotatable bonds is 3. The molecule has 1 aromatic carbocycles. The van der Waals surface area contributed by atoms with Gasteiger partial charge in [-0.1, -0.05) is 12.5 Å². The third-order valence-electron chi connectivity index (χ3n) is 6.58. The smallest absolute Gasteiger partial charge is 0.126 e. The Kier molecular flexibility index (Phi) is 3.16. The molecule has 4 rings (SSSR count). The van der Waals surface area contributed by atoms with Crippen molar-refractivity contribution in [1.82, 2.24) is 0 Å². The average Bonchev–Trinajstić information content (AvgIpc) is 3.14. The van der Waals surface area contributed by atoms with Crippen LogP contribution in [0.5, 0.6) is 5.75 Å². The molecule has 5 atom stereocenters. The van der Waals surface area contributed by atoms with Crippen molar-refractivity contribution in [3.05, 3.63) is 23.3 Å². The summed E-state index contributed by atoms with van der Waals surface area (Å²) >= 11 is 0. The van der Waals surface area contributed by atoms with Crippen LogP contribution in [0.2, 0.25) is 0 Å². The van der Waals surface area contributed by atoms with Gasteiger partial charge in [0.25, 0.3) is 0 Å². The number of nitrogens with one attached hydrogen (secondary N) is 1. The van der Waals surface area contributed by atoms with Crippen LogP contribution in [0.4, 0.5) is 5.69 Å². The Morgan fingerprint density at radius 1 is 1.05 bits per heavy atom. The van der Waals surface area contributed by atoms with Gasteiger partial charge in [-0.2, -0.15) is 0 Å². The third-order valence-corrected chi connectivity index (χ3v) is 6.58. The molecule has 3 aliphatic carbocycles. The van der Waals surface area contributed by atoms with E-state index in [-0.39, 0.29) is 0 Å². The summed E-state index contributed by atoms with van der Waals surface area (Å²) in [7, 11) is 1.78. The Bertz CT molecular complexity index is 553. The van der Waals surface area contributed by atoms with Crippen LogP contribution in [0.1, 0.15) is 43.2 Å². The van der Waals surface area contributed by atoms with Gasteiger partial charge in [-0.25, -0.2) is 0 Å². The topological polar surface area (TPSA) is 21.3 Å². The molecule has 1 N–H and O–H groups in total. The summed E-state index contributed by atoms with van der Waals surface area (Å²) in [5.41, 5.74) is 3.78. The first-order valence-electron chi connectivity index (χ1n) is 8.59. The molecule has 3 aliphatic rings. The maximum Gasteiger partial charge on any atom is 0.126 e. The molecule has 0 saturated heterocycles. The van der Waals surface area contributed by atoms with Crippen LogP contribution < -0.4 is 10.1 Å². The monoisotopic (exact) mass is 285 g/mol. The summed E-state index contributed by atoms with van der Waals surface area (Å²) in [5, 5.41) is 3.88. The second-order valence-electron chi connectivity index (χ2n) is 7.49. The van der Waals surface area contributed by atoms with Crippen molar-refractivity contribution in [3.63, 3.8) is 0 Å². The molecule has 2 nitrogen and oxygen atoms in total. The van der Waals surface area contributed by atoms with Crippen molar-refractivity contribution in [1.29, 1.82) is 0 Å². The van der Waals surface area contributed by atoms with Gasteiger partial charge < -0.3 is 10.1 Å². The van der Waals surface area contributed by atoms with E-state index in [1.54, 1.807) is 7.11 Å². The van der Waals surface area contributed by atoms with Crippen LogP contribution >= 0.6 is 0 Å². The standard InChI is InChI=1S/C19H27NO/c1-11-7-8-17(12(2)19(11)21-3)20-18-10-13-9-16(18)15-6-4-5-14(13)15/h7-8,13-16,18,20H,4-6,9-10H2,1-3H3. The van der Waals surface area contributed by atoms with Crippen LogP contribution in [0.25, 0.3) is 0 Å². The number of hydrogen-bond donors (Lipinski definition) is 1. The predicted molar refractivity (Wildman–Crippen MR) is 86.9 cm³/mol. The molecule has 21 heavy (non-hydrogen) atoms. The number of fused-ring (bicyclic) bond motifs is 5. The van der Waals surface area contributed by atoms with Crippen LogP contribution in [-0.2, 0) is 0 Å².